The summed E-state index contributed by atoms with van der Waals surface area (Å²) in [7, 11) is 1.34. The normalized spacial score (nSPS) is 15.3. The molecule has 2 heterocycles. The van der Waals surface area contributed by atoms with Crippen LogP contribution in [0.15, 0.2) is 47.3 Å². The highest BCUT2D eigenvalue weighted by molar-refractivity contribution is 7.80. The maximum absolute atomic E-state index is 13.0. The highest BCUT2D eigenvalue weighted by atomic mass is 32.1. The van der Waals surface area contributed by atoms with E-state index in [1.165, 1.54) is 7.11 Å². The van der Waals surface area contributed by atoms with Gasteiger partial charge in [0.05, 0.1) is 36.5 Å². The van der Waals surface area contributed by atoms with Gasteiger partial charge in [0, 0.05) is 24.1 Å². The molecule has 8 heteroatoms. The van der Waals surface area contributed by atoms with Crippen molar-refractivity contribution in [2.24, 2.45) is 0 Å². The Balaban J connectivity index is 1.65. The van der Waals surface area contributed by atoms with Crippen molar-refractivity contribution in [1.82, 2.24) is 9.88 Å². The lowest BCUT2D eigenvalue weighted by Crippen LogP contribution is -2.40. The second-order valence-corrected chi connectivity index (χ2v) is 8.98. The molecule has 178 valence electrons. The fourth-order valence-electron chi connectivity index (χ4n) is 4.27. The summed E-state index contributed by atoms with van der Waals surface area (Å²) >= 11 is 5.75. The summed E-state index contributed by atoms with van der Waals surface area (Å²) in [5, 5.41) is 4.61. The average molecular weight is 480 g/mol. The van der Waals surface area contributed by atoms with Crippen LogP contribution in [0.5, 0.6) is 0 Å². The molecule has 1 saturated heterocycles. The quantitative estimate of drug-likeness (QED) is 0.403. The molecule has 0 saturated carbocycles. The number of fused-ring (bicyclic) bond motifs is 1. The molecule has 0 spiro atoms. The first-order chi connectivity index (χ1) is 16.4. The summed E-state index contributed by atoms with van der Waals surface area (Å²) in [6, 6.07) is 13.1. The van der Waals surface area contributed by atoms with E-state index in [0.717, 1.165) is 41.5 Å². The first-order valence-corrected chi connectivity index (χ1v) is 11.7. The molecule has 1 aliphatic rings. The number of esters is 1. The van der Waals surface area contributed by atoms with Crippen LogP contribution in [0.4, 0.5) is 5.69 Å². The van der Waals surface area contributed by atoms with Gasteiger partial charge in [-0.25, -0.2) is 4.79 Å². The standard InChI is InChI=1S/C26H29N3O4S/c1-16-10-11-17(2)23-21(16)13-18(24(30)28-23)14-29(15-19-7-6-12-33-19)26(34)27-22-9-5-4-8-20(22)25(31)32-3/h4-5,8-11,13,19H,6-7,12,14-15H2,1-3H3,(H,27,34)(H,28,30)/t19-/m1/s1. The van der Waals surface area contributed by atoms with Gasteiger partial charge in [-0.3, -0.25) is 4.79 Å². The number of rotatable bonds is 6. The molecular formula is C26H29N3O4S. The predicted molar refractivity (Wildman–Crippen MR) is 137 cm³/mol. The monoisotopic (exact) mass is 479 g/mol. The summed E-state index contributed by atoms with van der Waals surface area (Å²) < 4.78 is 10.7. The lowest BCUT2D eigenvalue weighted by Gasteiger charge is -2.28. The number of methoxy groups -OCH3 is 1. The molecule has 1 aliphatic heterocycles. The fraction of sp³-hybridized carbons (Fsp3) is 0.346. The van der Waals surface area contributed by atoms with E-state index in [2.05, 4.69) is 16.4 Å². The van der Waals surface area contributed by atoms with Gasteiger partial charge in [0.1, 0.15) is 0 Å². The summed E-state index contributed by atoms with van der Waals surface area (Å²) in [4.78, 5) is 30.2. The van der Waals surface area contributed by atoms with E-state index in [4.69, 9.17) is 21.7 Å². The van der Waals surface area contributed by atoms with E-state index < -0.39 is 5.97 Å². The summed E-state index contributed by atoms with van der Waals surface area (Å²) in [6.45, 7) is 5.59. The molecule has 2 aromatic carbocycles. The summed E-state index contributed by atoms with van der Waals surface area (Å²) in [6.07, 6.45) is 1.96. The molecule has 0 radical (unpaired) electrons. The van der Waals surface area contributed by atoms with Crippen LogP contribution >= 0.6 is 12.2 Å². The predicted octanol–water partition coefficient (Wildman–Crippen LogP) is 4.31. The minimum atomic E-state index is -0.451. The van der Waals surface area contributed by atoms with Gasteiger partial charge in [-0.1, -0.05) is 24.3 Å². The average Bonchev–Trinajstić information content (AvgIpc) is 3.35. The van der Waals surface area contributed by atoms with Crippen molar-refractivity contribution in [3.8, 4) is 0 Å². The number of anilines is 1. The van der Waals surface area contributed by atoms with Crippen LogP contribution in [0, 0.1) is 13.8 Å². The number of carbonyl (C=O) groups is 1. The maximum atomic E-state index is 13.0. The molecular weight excluding hydrogens is 450 g/mol. The van der Waals surface area contributed by atoms with Crippen molar-refractivity contribution in [2.45, 2.75) is 39.3 Å². The third kappa shape index (κ3) is 5.13. The zero-order valence-electron chi connectivity index (χ0n) is 19.6. The first kappa shape index (κ1) is 23.9. The lowest BCUT2D eigenvalue weighted by atomic mass is 10.0. The number of nitrogens with one attached hydrogen (secondary N) is 2. The van der Waals surface area contributed by atoms with Crippen LogP contribution in [-0.2, 0) is 16.0 Å². The number of H-pyrrole nitrogens is 1. The first-order valence-electron chi connectivity index (χ1n) is 11.3. The Hall–Kier alpha value is -3.23. The lowest BCUT2D eigenvalue weighted by molar-refractivity contribution is 0.0602. The zero-order valence-corrected chi connectivity index (χ0v) is 20.5. The third-order valence-corrected chi connectivity index (χ3v) is 6.55. The minimum absolute atomic E-state index is 0.0270. The summed E-state index contributed by atoms with van der Waals surface area (Å²) in [5.41, 5.74) is 4.39. The number of hydrogen-bond donors (Lipinski definition) is 2. The number of thiocarbonyl (C=S) groups is 1. The van der Waals surface area contributed by atoms with Crippen molar-refractivity contribution in [2.75, 3.05) is 25.6 Å². The number of nitrogens with zero attached hydrogens (tertiary/aromatic N) is 1. The molecule has 3 aromatic rings. The second-order valence-electron chi connectivity index (χ2n) is 8.59. The highest BCUT2D eigenvalue weighted by Crippen LogP contribution is 2.22. The molecule has 1 fully saturated rings. The van der Waals surface area contributed by atoms with Crippen LogP contribution in [0.3, 0.4) is 0 Å². The van der Waals surface area contributed by atoms with Crippen molar-refractivity contribution in [3.05, 3.63) is 75.1 Å². The van der Waals surface area contributed by atoms with Gasteiger partial charge >= 0.3 is 5.97 Å². The van der Waals surface area contributed by atoms with Gasteiger partial charge in [-0.2, -0.15) is 0 Å². The number of ether oxygens (including phenoxy) is 2. The number of hydrogen-bond acceptors (Lipinski definition) is 5. The number of aryl methyl sites for hydroxylation is 2. The van der Waals surface area contributed by atoms with E-state index in [9.17, 15) is 9.59 Å². The molecule has 0 amide bonds. The van der Waals surface area contributed by atoms with Crippen molar-refractivity contribution in [3.63, 3.8) is 0 Å². The van der Waals surface area contributed by atoms with Crippen LogP contribution in [0.25, 0.3) is 10.9 Å². The topological polar surface area (TPSA) is 83.7 Å². The van der Waals surface area contributed by atoms with Crippen LogP contribution in [0.1, 0.15) is 39.9 Å². The molecule has 0 aliphatic carbocycles. The van der Waals surface area contributed by atoms with Crippen molar-refractivity contribution in [1.29, 1.82) is 0 Å². The molecule has 1 aromatic heterocycles. The van der Waals surface area contributed by atoms with Gasteiger partial charge in [0.15, 0.2) is 5.11 Å². The van der Waals surface area contributed by atoms with Crippen LogP contribution < -0.4 is 10.9 Å². The minimum Gasteiger partial charge on any atom is -0.465 e. The van der Waals surface area contributed by atoms with Crippen molar-refractivity contribution >= 4 is 39.9 Å². The Morgan fingerprint density at radius 3 is 2.74 bits per heavy atom. The highest BCUT2D eigenvalue weighted by Gasteiger charge is 2.23. The number of benzene rings is 2. The molecule has 34 heavy (non-hydrogen) atoms. The third-order valence-electron chi connectivity index (χ3n) is 6.19. The largest absolute Gasteiger partial charge is 0.465 e. The molecule has 2 N–H and O–H groups in total. The number of para-hydroxylation sites is 1. The fourth-order valence-corrected chi connectivity index (χ4v) is 4.52. The second kappa shape index (κ2) is 10.4. The van der Waals surface area contributed by atoms with E-state index in [0.29, 0.717) is 35.0 Å². The number of aromatic amines is 1. The molecule has 1 atom stereocenters. The van der Waals surface area contributed by atoms with E-state index in [-0.39, 0.29) is 11.7 Å². The van der Waals surface area contributed by atoms with Gasteiger partial charge < -0.3 is 24.7 Å². The molecule has 0 bridgehead atoms. The van der Waals surface area contributed by atoms with Crippen LogP contribution in [0.2, 0.25) is 0 Å². The Morgan fingerprint density at radius 1 is 1.24 bits per heavy atom. The van der Waals surface area contributed by atoms with Gasteiger partial charge in [0.2, 0.25) is 0 Å². The zero-order chi connectivity index (χ0) is 24.2. The number of pyridine rings is 1. The summed E-state index contributed by atoms with van der Waals surface area (Å²) in [5.74, 6) is -0.451. The molecule has 7 nitrogen and oxygen atoms in total. The maximum Gasteiger partial charge on any atom is 0.339 e. The van der Waals surface area contributed by atoms with Crippen molar-refractivity contribution < 1.29 is 14.3 Å². The van der Waals surface area contributed by atoms with E-state index in [1.807, 2.05) is 36.9 Å². The van der Waals surface area contributed by atoms with Gasteiger partial charge in [0.25, 0.3) is 5.56 Å². The Kier molecular flexibility index (Phi) is 7.29. The Morgan fingerprint density at radius 2 is 2.00 bits per heavy atom. The van der Waals surface area contributed by atoms with E-state index in [1.54, 1.807) is 18.2 Å². The van der Waals surface area contributed by atoms with Gasteiger partial charge in [-0.15, -0.1) is 0 Å². The SMILES string of the molecule is COC(=O)c1ccccc1NC(=S)N(Cc1cc2c(C)ccc(C)c2[nH]c1=O)C[C@H]1CCCO1. The molecule has 4 rings (SSSR count). The van der Waals surface area contributed by atoms with Gasteiger partial charge in [-0.05, 0) is 68.2 Å². The van der Waals surface area contributed by atoms with Crippen LogP contribution in [-0.4, -0.2) is 47.3 Å². The number of carbonyl (C=O) groups excluding carboxylic acids is 1. The number of aromatic nitrogens is 1. The molecule has 0 unspecified atom stereocenters. The van der Waals surface area contributed by atoms with E-state index >= 15 is 0 Å². The Bertz CT molecular complexity index is 1280. The Labute approximate surface area is 204 Å². The smallest absolute Gasteiger partial charge is 0.339 e.